The number of benzene rings is 1. The van der Waals surface area contributed by atoms with Gasteiger partial charge in [0.15, 0.2) is 0 Å². The summed E-state index contributed by atoms with van der Waals surface area (Å²) in [5.74, 6) is 10.2. The Kier molecular flexibility index (Phi) is 3.55. The van der Waals surface area contributed by atoms with E-state index in [1.165, 1.54) is 0 Å². The van der Waals surface area contributed by atoms with Crippen molar-refractivity contribution in [2.24, 2.45) is 32.4 Å². The maximum Gasteiger partial charge on any atom is 0.0939 e. The molecule has 0 amide bonds. The fraction of sp³-hybridized carbons (Fsp3) is 0.400. The standard InChI is InChI=1S/C10H16N6/c1-5-6(2)10(14-16-12)8(4)7(3)9(5)13-15-11/h1-4H3,(H2,11,13)(H2,12,14). The first-order chi connectivity index (χ1) is 7.54. The summed E-state index contributed by atoms with van der Waals surface area (Å²) in [6, 6.07) is 0. The maximum absolute atomic E-state index is 5.09. The molecule has 0 radical (unpaired) electrons. The van der Waals surface area contributed by atoms with Crippen molar-refractivity contribution in [1.29, 1.82) is 0 Å². The molecule has 0 spiro atoms. The smallest absolute Gasteiger partial charge is 0.0939 e. The van der Waals surface area contributed by atoms with Gasteiger partial charge in [-0.1, -0.05) is 10.4 Å². The molecular weight excluding hydrogens is 204 g/mol. The van der Waals surface area contributed by atoms with Crippen LogP contribution in [0.15, 0.2) is 20.7 Å². The van der Waals surface area contributed by atoms with Gasteiger partial charge < -0.3 is 11.7 Å². The van der Waals surface area contributed by atoms with Crippen molar-refractivity contribution in [3.63, 3.8) is 0 Å². The Labute approximate surface area is 94.4 Å². The summed E-state index contributed by atoms with van der Waals surface area (Å²) in [5.41, 5.74) is 5.51. The van der Waals surface area contributed by atoms with E-state index in [4.69, 9.17) is 11.7 Å². The van der Waals surface area contributed by atoms with E-state index in [1.54, 1.807) is 0 Å². The monoisotopic (exact) mass is 220 g/mol. The number of nitrogens with two attached hydrogens (primary N) is 2. The zero-order chi connectivity index (χ0) is 12.3. The Bertz CT molecular complexity index is 389. The third-order valence-electron chi connectivity index (χ3n) is 2.86. The lowest BCUT2D eigenvalue weighted by Crippen LogP contribution is -1.93. The Morgan fingerprint density at radius 1 is 0.625 bits per heavy atom. The van der Waals surface area contributed by atoms with Gasteiger partial charge in [-0.25, -0.2) is 0 Å². The van der Waals surface area contributed by atoms with E-state index in [9.17, 15) is 0 Å². The van der Waals surface area contributed by atoms with Gasteiger partial charge in [0.25, 0.3) is 0 Å². The highest BCUT2D eigenvalue weighted by Gasteiger charge is 2.14. The van der Waals surface area contributed by atoms with Gasteiger partial charge in [-0.3, -0.25) is 0 Å². The normalized spacial score (nSPS) is 11.8. The van der Waals surface area contributed by atoms with Gasteiger partial charge in [0, 0.05) is 0 Å². The summed E-state index contributed by atoms with van der Waals surface area (Å²) in [6.07, 6.45) is 0. The van der Waals surface area contributed by atoms with Gasteiger partial charge in [0.05, 0.1) is 11.4 Å². The highest BCUT2D eigenvalue weighted by Crippen LogP contribution is 2.37. The quantitative estimate of drug-likeness (QED) is 0.454. The van der Waals surface area contributed by atoms with Crippen LogP contribution in [0.2, 0.25) is 0 Å². The van der Waals surface area contributed by atoms with Gasteiger partial charge >= 0.3 is 0 Å². The fourth-order valence-electron chi connectivity index (χ4n) is 1.69. The largest absolute Gasteiger partial charge is 0.305 e. The lowest BCUT2D eigenvalue weighted by molar-refractivity contribution is 1.02. The number of rotatable bonds is 2. The van der Waals surface area contributed by atoms with Crippen molar-refractivity contribution in [2.75, 3.05) is 0 Å². The minimum Gasteiger partial charge on any atom is -0.305 e. The van der Waals surface area contributed by atoms with Crippen LogP contribution < -0.4 is 11.7 Å². The van der Waals surface area contributed by atoms with Crippen molar-refractivity contribution < 1.29 is 0 Å². The first-order valence-electron chi connectivity index (χ1n) is 4.86. The fourth-order valence-corrected chi connectivity index (χ4v) is 1.69. The minimum atomic E-state index is 0.786. The van der Waals surface area contributed by atoms with E-state index in [0.29, 0.717) is 0 Å². The topological polar surface area (TPSA) is 101 Å². The molecule has 0 saturated heterocycles. The van der Waals surface area contributed by atoms with Gasteiger partial charge in [-0.15, -0.1) is 10.2 Å². The number of hydrogen-bond donors (Lipinski definition) is 2. The first kappa shape index (κ1) is 12.1. The van der Waals surface area contributed by atoms with Crippen LogP contribution in [0, 0.1) is 27.7 Å². The molecule has 0 fully saturated rings. The van der Waals surface area contributed by atoms with Crippen molar-refractivity contribution in [2.45, 2.75) is 27.7 Å². The van der Waals surface area contributed by atoms with Crippen LogP contribution in [-0.2, 0) is 0 Å². The zero-order valence-corrected chi connectivity index (χ0v) is 9.94. The predicted molar refractivity (Wildman–Crippen MR) is 62.8 cm³/mol. The van der Waals surface area contributed by atoms with E-state index in [1.807, 2.05) is 27.7 Å². The third-order valence-corrected chi connectivity index (χ3v) is 2.86. The zero-order valence-electron chi connectivity index (χ0n) is 9.94. The van der Waals surface area contributed by atoms with Crippen LogP contribution in [0.3, 0.4) is 0 Å². The van der Waals surface area contributed by atoms with Crippen LogP contribution in [0.1, 0.15) is 22.3 Å². The molecule has 16 heavy (non-hydrogen) atoms. The average Bonchev–Trinajstić information content (AvgIpc) is 2.28. The average molecular weight is 220 g/mol. The van der Waals surface area contributed by atoms with E-state index in [2.05, 4.69) is 20.7 Å². The minimum absolute atomic E-state index is 0.786. The van der Waals surface area contributed by atoms with Gasteiger partial charge in [-0.2, -0.15) is 0 Å². The number of nitrogens with zero attached hydrogens (tertiary/aromatic N) is 4. The third kappa shape index (κ3) is 1.86. The van der Waals surface area contributed by atoms with Crippen LogP contribution in [0.4, 0.5) is 11.4 Å². The summed E-state index contributed by atoms with van der Waals surface area (Å²) < 4.78 is 0. The van der Waals surface area contributed by atoms with E-state index in [-0.39, 0.29) is 0 Å². The molecule has 0 heterocycles. The van der Waals surface area contributed by atoms with E-state index < -0.39 is 0 Å². The molecule has 6 nitrogen and oxygen atoms in total. The number of hydrogen-bond acceptors (Lipinski definition) is 4. The predicted octanol–water partition coefficient (Wildman–Crippen LogP) is 2.84. The van der Waals surface area contributed by atoms with Crippen molar-refractivity contribution in [3.8, 4) is 0 Å². The second-order valence-corrected chi connectivity index (χ2v) is 3.63. The summed E-state index contributed by atoms with van der Waals surface area (Å²) in [7, 11) is 0. The van der Waals surface area contributed by atoms with Crippen LogP contribution in [-0.4, -0.2) is 0 Å². The summed E-state index contributed by atoms with van der Waals surface area (Å²) in [4.78, 5) is 0. The first-order valence-corrected chi connectivity index (χ1v) is 4.86. The molecule has 0 bridgehead atoms. The highest BCUT2D eigenvalue weighted by molar-refractivity contribution is 5.68. The Morgan fingerprint density at radius 3 is 1.06 bits per heavy atom. The molecule has 0 aliphatic carbocycles. The van der Waals surface area contributed by atoms with Crippen LogP contribution >= 0.6 is 0 Å². The van der Waals surface area contributed by atoms with Gasteiger partial charge in [0.2, 0.25) is 0 Å². The van der Waals surface area contributed by atoms with Crippen molar-refractivity contribution >= 4 is 11.4 Å². The summed E-state index contributed by atoms with van der Waals surface area (Å²) in [6.45, 7) is 7.78. The van der Waals surface area contributed by atoms with Crippen LogP contribution in [0.5, 0.6) is 0 Å². The molecule has 4 N–H and O–H groups in total. The van der Waals surface area contributed by atoms with E-state index >= 15 is 0 Å². The molecule has 0 atom stereocenters. The molecule has 1 aromatic carbocycles. The molecule has 1 aromatic rings. The Hall–Kier alpha value is -1.98. The molecule has 6 heteroatoms. The van der Waals surface area contributed by atoms with Crippen molar-refractivity contribution in [1.82, 2.24) is 0 Å². The Morgan fingerprint density at radius 2 is 0.875 bits per heavy atom. The Balaban J connectivity index is 3.62. The molecular formula is C10H16N6. The lowest BCUT2D eigenvalue weighted by atomic mass is 9.96. The molecule has 86 valence electrons. The summed E-state index contributed by atoms with van der Waals surface area (Å²) >= 11 is 0. The van der Waals surface area contributed by atoms with Gasteiger partial charge in [0.1, 0.15) is 0 Å². The van der Waals surface area contributed by atoms with Gasteiger partial charge in [-0.05, 0) is 49.9 Å². The maximum atomic E-state index is 5.09. The molecule has 1 rings (SSSR count). The van der Waals surface area contributed by atoms with Crippen LogP contribution in [0.25, 0.3) is 0 Å². The molecule has 0 saturated carbocycles. The molecule has 0 unspecified atom stereocenters. The molecule has 0 aromatic heterocycles. The second kappa shape index (κ2) is 4.69. The second-order valence-electron chi connectivity index (χ2n) is 3.63. The highest BCUT2D eigenvalue weighted by atomic mass is 15.3. The lowest BCUT2D eigenvalue weighted by Gasteiger charge is -2.13. The SMILES string of the molecule is Cc1c(C)c(N=NN)c(C)c(C)c1N=NN. The van der Waals surface area contributed by atoms with Crippen molar-refractivity contribution in [3.05, 3.63) is 22.3 Å². The molecule has 0 aliphatic rings. The van der Waals surface area contributed by atoms with E-state index in [0.717, 1.165) is 33.6 Å². The summed E-state index contributed by atoms with van der Waals surface area (Å²) in [5, 5.41) is 14.5. The molecule has 0 aliphatic heterocycles.